The number of likely N-dealkylation sites (N-methyl/N-ethyl adjacent to an activating group) is 1. The molecular weight excluding hydrogens is 269 g/mol. The van der Waals surface area contributed by atoms with Gasteiger partial charge < -0.3 is 9.88 Å². The van der Waals surface area contributed by atoms with Crippen LogP contribution in [0.15, 0.2) is 48.8 Å². The Morgan fingerprint density at radius 3 is 2.43 bits per heavy atom. The number of aromatic nitrogens is 1. The highest BCUT2D eigenvalue weighted by molar-refractivity contribution is 5.83. The van der Waals surface area contributed by atoms with Gasteiger partial charge in [-0.25, -0.2) is 4.39 Å². The van der Waals surface area contributed by atoms with Crippen LogP contribution < -0.4 is 5.32 Å². The van der Waals surface area contributed by atoms with Crippen LogP contribution in [0.25, 0.3) is 0 Å². The molecule has 1 N–H and O–H groups in total. The second-order valence-electron chi connectivity index (χ2n) is 5.13. The van der Waals surface area contributed by atoms with E-state index in [0.717, 1.165) is 12.1 Å². The Labute approximate surface area is 124 Å². The average Bonchev–Trinajstić information content (AvgIpc) is 2.94. The number of carbonyl (C=O) groups is 1. The van der Waals surface area contributed by atoms with E-state index in [1.165, 1.54) is 12.1 Å². The summed E-state index contributed by atoms with van der Waals surface area (Å²) in [6.45, 7) is 1.28. The fourth-order valence-corrected chi connectivity index (χ4v) is 2.25. The lowest BCUT2D eigenvalue weighted by Gasteiger charge is -2.24. The normalized spacial score (nSPS) is 12.4. The lowest BCUT2D eigenvalue weighted by atomic mass is 10.1. The van der Waals surface area contributed by atoms with Crippen molar-refractivity contribution in [2.24, 2.45) is 0 Å². The van der Waals surface area contributed by atoms with E-state index in [9.17, 15) is 9.18 Å². The van der Waals surface area contributed by atoms with Gasteiger partial charge in [0, 0.05) is 25.5 Å². The quantitative estimate of drug-likeness (QED) is 0.883. The molecule has 0 aliphatic heterocycles. The zero-order valence-electron chi connectivity index (χ0n) is 12.3. The van der Waals surface area contributed by atoms with Gasteiger partial charge in [0.2, 0.25) is 5.91 Å². The van der Waals surface area contributed by atoms with Crippen molar-refractivity contribution in [3.05, 3.63) is 60.2 Å². The summed E-state index contributed by atoms with van der Waals surface area (Å²) in [6, 6.07) is 9.51. The molecule has 0 fully saturated rings. The van der Waals surface area contributed by atoms with E-state index in [-0.39, 0.29) is 11.7 Å². The Kier molecular flexibility index (Phi) is 5.11. The van der Waals surface area contributed by atoms with Gasteiger partial charge in [-0.2, -0.15) is 0 Å². The first-order valence-electron chi connectivity index (χ1n) is 6.88. The van der Waals surface area contributed by atoms with Gasteiger partial charge in [0.1, 0.15) is 11.9 Å². The van der Waals surface area contributed by atoms with Crippen LogP contribution in [0.1, 0.15) is 11.6 Å². The SMILES string of the molecule is CN(C)[C@@H](C(=O)NCCn1cccc1)c1ccc(F)cc1. The van der Waals surface area contributed by atoms with E-state index in [0.29, 0.717) is 6.54 Å². The number of halogens is 1. The number of nitrogens with one attached hydrogen (secondary N) is 1. The molecule has 2 aromatic rings. The molecule has 112 valence electrons. The number of carbonyl (C=O) groups excluding carboxylic acids is 1. The second-order valence-corrected chi connectivity index (χ2v) is 5.13. The summed E-state index contributed by atoms with van der Waals surface area (Å²) in [5, 5.41) is 2.92. The van der Waals surface area contributed by atoms with Gasteiger partial charge in [0.05, 0.1) is 0 Å². The number of hydrogen-bond acceptors (Lipinski definition) is 2. The molecule has 1 heterocycles. The molecule has 5 heteroatoms. The lowest BCUT2D eigenvalue weighted by Crippen LogP contribution is -2.38. The zero-order valence-corrected chi connectivity index (χ0v) is 12.3. The Morgan fingerprint density at radius 2 is 1.86 bits per heavy atom. The summed E-state index contributed by atoms with van der Waals surface area (Å²) in [5.41, 5.74) is 0.778. The van der Waals surface area contributed by atoms with Crippen molar-refractivity contribution in [3.8, 4) is 0 Å². The van der Waals surface area contributed by atoms with Crippen molar-refractivity contribution < 1.29 is 9.18 Å². The molecule has 0 bridgehead atoms. The fourth-order valence-electron chi connectivity index (χ4n) is 2.25. The number of amides is 1. The standard InChI is InChI=1S/C16H20FN3O/c1-19(2)15(13-5-7-14(17)8-6-13)16(21)18-9-12-20-10-3-4-11-20/h3-8,10-11,15H,9,12H2,1-2H3,(H,18,21)/t15-/m1/s1. The van der Waals surface area contributed by atoms with Crippen LogP contribution in [0.5, 0.6) is 0 Å². The van der Waals surface area contributed by atoms with Crippen molar-refractivity contribution in [3.63, 3.8) is 0 Å². The van der Waals surface area contributed by atoms with Crippen molar-refractivity contribution in [1.29, 1.82) is 0 Å². The first-order valence-corrected chi connectivity index (χ1v) is 6.88. The molecule has 0 unspecified atom stereocenters. The summed E-state index contributed by atoms with van der Waals surface area (Å²) in [7, 11) is 3.67. The molecule has 0 saturated heterocycles. The molecule has 4 nitrogen and oxygen atoms in total. The average molecular weight is 289 g/mol. The van der Waals surface area contributed by atoms with Gasteiger partial charge >= 0.3 is 0 Å². The first-order chi connectivity index (χ1) is 10.1. The van der Waals surface area contributed by atoms with Crippen LogP contribution in [0, 0.1) is 5.82 Å². The minimum absolute atomic E-state index is 0.0845. The number of rotatable bonds is 6. The Morgan fingerprint density at radius 1 is 1.24 bits per heavy atom. The molecule has 0 radical (unpaired) electrons. The van der Waals surface area contributed by atoms with E-state index in [4.69, 9.17) is 0 Å². The molecule has 2 rings (SSSR count). The molecule has 0 saturated carbocycles. The summed E-state index contributed by atoms with van der Waals surface area (Å²) in [6.07, 6.45) is 3.91. The van der Waals surface area contributed by atoms with E-state index < -0.39 is 6.04 Å². The van der Waals surface area contributed by atoms with Crippen molar-refractivity contribution >= 4 is 5.91 Å². The predicted octanol–water partition coefficient (Wildman–Crippen LogP) is 2.05. The highest BCUT2D eigenvalue weighted by Gasteiger charge is 2.22. The smallest absolute Gasteiger partial charge is 0.242 e. The minimum atomic E-state index is -0.421. The van der Waals surface area contributed by atoms with Gasteiger partial charge in [-0.3, -0.25) is 9.69 Å². The first kappa shape index (κ1) is 15.3. The molecule has 1 aromatic carbocycles. The third-order valence-electron chi connectivity index (χ3n) is 3.29. The van der Waals surface area contributed by atoms with Crippen LogP contribution >= 0.6 is 0 Å². The molecule has 0 spiro atoms. The van der Waals surface area contributed by atoms with Crippen LogP contribution in [-0.2, 0) is 11.3 Å². The highest BCUT2D eigenvalue weighted by atomic mass is 19.1. The van der Waals surface area contributed by atoms with Gasteiger partial charge in [-0.1, -0.05) is 12.1 Å². The lowest BCUT2D eigenvalue weighted by molar-refractivity contribution is -0.125. The van der Waals surface area contributed by atoms with Crippen LogP contribution in [-0.4, -0.2) is 36.0 Å². The zero-order chi connectivity index (χ0) is 15.2. The van der Waals surface area contributed by atoms with E-state index in [2.05, 4.69) is 5.32 Å². The van der Waals surface area contributed by atoms with Gasteiger partial charge in [-0.15, -0.1) is 0 Å². The molecule has 1 atom stereocenters. The van der Waals surface area contributed by atoms with Crippen LogP contribution in [0.2, 0.25) is 0 Å². The molecule has 1 aromatic heterocycles. The van der Waals surface area contributed by atoms with E-state index >= 15 is 0 Å². The van der Waals surface area contributed by atoms with E-state index in [1.807, 2.05) is 48.1 Å². The Bertz CT molecular complexity index is 564. The van der Waals surface area contributed by atoms with Crippen LogP contribution in [0.3, 0.4) is 0 Å². The van der Waals surface area contributed by atoms with Crippen molar-refractivity contribution in [2.45, 2.75) is 12.6 Å². The summed E-state index contributed by atoms with van der Waals surface area (Å²) in [4.78, 5) is 14.2. The number of nitrogens with zero attached hydrogens (tertiary/aromatic N) is 2. The summed E-state index contributed by atoms with van der Waals surface area (Å²) in [5.74, 6) is -0.386. The van der Waals surface area contributed by atoms with Crippen molar-refractivity contribution in [1.82, 2.24) is 14.8 Å². The molecule has 0 aliphatic rings. The van der Waals surface area contributed by atoms with Gasteiger partial charge in [0.15, 0.2) is 0 Å². The second kappa shape index (κ2) is 7.04. The number of hydrogen-bond donors (Lipinski definition) is 1. The molecular formula is C16H20FN3O. The maximum atomic E-state index is 13.0. The Balaban J connectivity index is 1.97. The maximum Gasteiger partial charge on any atom is 0.242 e. The monoisotopic (exact) mass is 289 g/mol. The van der Waals surface area contributed by atoms with Gasteiger partial charge in [-0.05, 0) is 43.9 Å². The molecule has 21 heavy (non-hydrogen) atoms. The molecule has 1 amide bonds. The van der Waals surface area contributed by atoms with Gasteiger partial charge in [0.25, 0.3) is 0 Å². The summed E-state index contributed by atoms with van der Waals surface area (Å²) >= 11 is 0. The predicted molar refractivity (Wildman–Crippen MR) is 80.3 cm³/mol. The van der Waals surface area contributed by atoms with Crippen LogP contribution in [0.4, 0.5) is 4.39 Å². The molecule has 0 aliphatic carbocycles. The number of benzene rings is 1. The third kappa shape index (κ3) is 4.16. The highest BCUT2D eigenvalue weighted by Crippen LogP contribution is 2.18. The fraction of sp³-hybridized carbons (Fsp3) is 0.312. The maximum absolute atomic E-state index is 13.0. The Hall–Kier alpha value is -2.14. The topological polar surface area (TPSA) is 37.3 Å². The van der Waals surface area contributed by atoms with Crippen molar-refractivity contribution in [2.75, 3.05) is 20.6 Å². The third-order valence-corrected chi connectivity index (χ3v) is 3.29. The largest absolute Gasteiger partial charge is 0.353 e. The minimum Gasteiger partial charge on any atom is -0.353 e. The summed E-state index contributed by atoms with van der Waals surface area (Å²) < 4.78 is 15.0. The van der Waals surface area contributed by atoms with E-state index in [1.54, 1.807) is 12.1 Å².